The fourth-order valence-electron chi connectivity index (χ4n) is 1.42. The zero-order valence-corrected chi connectivity index (χ0v) is 11.3. The summed E-state index contributed by atoms with van der Waals surface area (Å²) in [6, 6.07) is 7.21. The van der Waals surface area contributed by atoms with Crippen LogP contribution in [0.1, 0.15) is 10.5 Å². The Morgan fingerprint density at radius 1 is 1.47 bits per heavy atom. The van der Waals surface area contributed by atoms with Crippen LogP contribution in [0.3, 0.4) is 0 Å². The van der Waals surface area contributed by atoms with Gasteiger partial charge in [0.2, 0.25) is 0 Å². The molecule has 2 aromatic rings. The Morgan fingerprint density at radius 2 is 2.24 bits per heavy atom. The van der Waals surface area contributed by atoms with Crippen molar-refractivity contribution in [3.63, 3.8) is 0 Å². The van der Waals surface area contributed by atoms with Gasteiger partial charge in [0.15, 0.2) is 5.69 Å². The first-order valence-corrected chi connectivity index (χ1v) is 6.03. The van der Waals surface area contributed by atoms with Crippen LogP contribution in [0.2, 0.25) is 0 Å². The fourth-order valence-corrected chi connectivity index (χ4v) is 2.20. The van der Waals surface area contributed by atoms with E-state index in [0.29, 0.717) is 11.4 Å². The molecule has 1 aromatic carbocycles. The Hall–Kier alpha value is -1.57. The van der Waals surface area contributed by atoms with E-state index in [1.165, 1.54) is 0 Å². The minimum absolute atomic E-state index is 0.200. The van der Waals surface area contributed by atoms with Crippen LogP contribution in [0.4, 0.5) is 5.69 Å². The van der Waals surface area contributed by atoms with Gasteiger partial charge in [-0.25, -0.2) is 4.68 Å². The highest BCUT2D eigenvalue weighted by molar-refractivity contribution is 14.1. The Bertz CT molecular complexity index is 564. The number of nitrogen functional groups attached to an aromatic ring is 1. The number of benzene rings is 1. The van der Waals surface area contributed by atoms with Crippen LogP contribution in [0.5, 0.6) is 0 Å². The number of nitrogens with zero attached hydrogens (tertiary/aromatic N) is 2. The molecule has 0 saturated carbocycles. The molecule has 1 amide bonds. The number of hydrogen-bond donors (Lipinski definition) is 2. The summed E-state index contributed by atoms with van der Waals surface area (Å²) in [5.74, 6) is -0.200. The zero-order chi connectivity index (χ0) is 12.4. The second-order valence-corrected chi connectivity index (χ2v) is 4.60. The standard InChI is InChI=1S/C11H11IN4O/c1-14-11(17)9-4-5-16(15-9)10-3-2-7(13)6-8(10)12/h2-6H,13H2,1H3,(H,14,17). The summed E-state index contributed by atoms with van der Waals surface area (Å²) in [5, 5.41) is 6.73. The first-order chi connectivity index (χ1) is 8.11. The lowest BCUT2D eigenvalue weighted by atomic mass is 10.3. The Balaban J connectivity index is 2.40. The van der Waals surface area contributed by atoms with E-state index in [0.717, 1.165) is 9.26 Å². The minimum atomic E-state index is -0.200. The summed E-state index contributed by atoms with van der Waals surface area (Å²) in [7, 11) is 1.58. The molecule has 2 rings (SSSR count). The molecule has 6 heteroatoms. The number of nitrogens with two attached hydrogens (primary N) is 1. The summed E-state index contributed by atoms with van der Waals surface area (Å²) in [6.07, 6.45) is 1.75. The van der Waals surface area contributed by atoms with Crippen LogP contribution >= 0.6 is 22.6 Å². The molecule has 0 saturated heterocycles. The number of rotatable bonds is 2. The van der Waals surface area contributed by atoms with Crippen LogP contribution in [0.15, 0.2) is 30.5 Å². The molecule has 0 aliphatic carbocycles. The van der Waals surface area contributed by atoms with E-state index in [9.17, 15) is 4.79 Å². The molecule has 5 nitrogen and oxygen atoms in total. The molecular formula is C11H11IN4O. The number of carbonyl (C=O) groups is 1. The number of nitrogens with one attached hydrogen (secondary N) is 1. The fraction of sp³-hybridized carbons (Fsp3) is 0.0909. The normalized spacial score (nSPS) is 10.2. The minimum Gasteiger partial charge on any atom is -0.399 e. The molecule has 0 radical (unpaired) electrons. The van der Waals surface area contributed by atoms with E-state index in [4.69, 9.17) is 5.73 Å². The molecule has 1 aromatic heterocycles. The number of anilines is 1. The molecule has 0 unspecified atom stereocenters. The van der Waals surface area contributed by atoms with Crippen molar-refractivity contribution in [2.45, 2.75) is 0 Å². The van der Waals surface area contributed by atoms with Crippen molar-refractivity contribution >= 4 is 34.2 Å². The Labute approximate surface area is 112 Å². The molecular weight excluding hydrogens is 331 g/mol. The van der Waals surface area contributed by atoms with E-state index in [1.807, 2.05) is 12.1 Å². The van der Waals surface area contributed by atoms with Gasteiger partial charge in [-0.3, -0.25) is 4.79 Å². The molecule has 1 heterocycles. The van der Waals surface area contributed by atoms with Gasteiger partial charge in [-0.2, -0.15) is 5.10 Å². The summed E-state index contributed by atoms with van der Waals surface area (Å²) < 4.78 is 2.64. The predicted octanol–water partition coefficient (Wildman–Crippen LogP) is 1.42. The average Bonchev–Trinajstić information content (AvgIpc) is 2.77. The Morgan fingerprint density at radius 3 is 2.88 bits per heavy atom. The summed E-state index contributed by atoms with van der Waals surface area (Å²) >= 11 is 2.18. The van der Waals surface area contributed by atoms with Gasteiger partial charge in [0.1, 0.15) is 0 Å². The van der Waals surface area contributed by atoms with Gasteiger partial charge in [0, 0.05) is 22.5 Å². The van der Waals surface area contributed by atoms with Gasteiger partial charge >= 0.3 is 0 Å². The quantitative estimate of drug-likeness (QED) is 0.640. The van der Waals surface area contributed by atoms with Crippen molar-refractivity contribution in [3.8, 4) is 5.69 Å². The highest BCUT2D eigenvalue weighted by Crippen LogP contribution is 2.19. The predicted molar refractivity (Wildman–Crippen MR) is 74.1 cm³/mol. The van der Waals surface area contributed by atoms with Crippen molar-refractivity contribution in [2.24, 2.45) is 0 Å². The number of carbonyl (C=O) groups excluding carboxylic acids is 1. The van der Waals surface area contributed by atoms with Crippen molar-refractivity contribution < 1.29 is 4.79 Å². The molecule has 0 bridgehead atoms. The van der Waals surface area contributed by atoms with Gasteiger partial charge in [0.05, 0.1) is 5.69 Å². The number of hydrogen-bond acceptors (Lipinski definition) is 3. The van der Waals surface area contributed by atoms with Gasteiger partial charge in [-0.15, -0.1) is 0 Å². The lowest BCUT2D eigenvalue weighted by Gasteiger charge is -2.05. The zero-order valence-electron chi connectivity index (χ0n) is 9.14. The topological polar surface area (TPSA) is 72.9 Å². The van der Waals surface area contributed by atoms with Crippen LogP contribution in [0.25, 0.3) is 5.69 Å². The van der Waals surface area contributed by atoms with Gasteiger partial charge in [-0.05, 0) is 46.9 Å². The van der Waals surface area contributed by atoms with Crippen LogP contribution in [-0.4, -0.2) is 22.7 Å². The maximum absolute atomic E-state index is 11.4. The van der Waals surface area contributed by atoms with Crippen molar-refractivity contribution in [2.75, 3.05) is 12.8 Å². The lowest BCUT2D eigenvalue weighted by Crippen LogP contribution is -2.18. The van der Waals surface area contributed by atoms with Crippen LogP contribution in [-0.2, 0) is 0 Å². The summed E-state index contributed by atoms with van der Waals surface area (Å²) in [4.78, 5) is 11.4. The molecule has 0 aliphatic rings. The molecule has 0 spiro atoms. The number of aromatic nitrogens is 2. The van der Waals surface area contributed by atoms with Gasteiger partial charge < -0.3 is 11.1 Å². The largest absolute Gasteiger partial charge is 0.399 e. The third-order valence-electron chi connectivity index (χ3n) is 2.27. The first-order valence-electron chi connectivity index (χ1n) is 4.95. The third kappa shape index (κ3) is 2.41. The number of halogens is 1. The average molecular weight is 342 g/mol. The molecule has 0 aliphatic heterocycles. The van der Waals surface area contributed by atoms with Crippen molar-refractivity contribution in [1.82, 2.24) is 15.1 Å². The maximum atomic E-state index is 11.4. The van der Waals surface area contributed by atoms with Gasteiger partial charge in [-0.1, -0.05) is 0 Å². The molecule has 88 valence electrons. The van der Waals surface area contributed by atoms with E-state index in [2.05, 4.69) is 33.0 Å². The molecule has 0 atom stereocenters. The SMILES string of the molecule is CNC(=O)c1ccn(-c2ccc(N)cc2I)n1. The summed E-state index contributed by atoms with van der Waals surface area (Å²) in [5.41, 5.74) is 7.67. The monoisotopic (exact) mass is 342 g/mol. The van der Waals surface area contributed by atoms with E-state index < -0.39 is 0 Å². The highest BCUT2D eigenvalue weighted by atomic mass is 127. The third-order valence-corrected chi connectivity index (χ3v) is 3.13. The van der Waals surface area contributed by atoms with Crippen LogP contribution in [0, 0.1) is 3.57 Å². The van der Waals surface area contributed by atoms with Gasteiger partial charge in [0.25, 0.3) is 5.91 Å². The van der Waals surface area contributed by atoms with Crippen LogP contribution < -0.4 is 11.1 Å². The van der Waals surface area contributed by atoms with Crippen molar-refractivity contribution in [1.29, 1.82) is 0 Å². The van der Waals surface area contributed by atoms with E-state index >= 15 is 0 Å². The molecule has 0 fully saturated rings. The molecule has 17 heavy (non-hydrogen) atoms. The Kier molecular flexibility index (Phi) is 3.32. The second-order valence-electron chi connectivity index (χ2n) is 3.44. The molecule has 3 N–H and O–H groups in total. The van der Waals surface area contributed by atoms with E-state index in [-0.39, 0.29) is 5.91 Å². The van der Waals surface area contributed by atoms with Crippen molar-refractivity contribution in [3.05, 3.63) is 39.7 Å². The van der Waals surface area contributed by atoms with E-state index in [1.54, 1.807) is 30.1 Å². The summed E-state index contributed by atoms with van der Waals surface area (Å²) in [6.45, 7) is 0. The number of amides is 1. The maximum Gasteiger partial charge on any atom is 0.271 e. The second kappa shape index (κ2) is 4.74. The smallest absolute Gasteiger partial charge is 0.271 e. The lowest BCUT2D eigenvalue weighted by molar-refractivity contribution is 0.0957. The first kappa shape index (κ1) is 11.9. The highest BCUT2D eigenvalue weighted by Gasteiger charge is 2.09.